The molecule has 0 heterocycles. The zero-order valence-corrected chi connectivity index (χ0v) is 18.9. The third-order valence-corrected chi connectivity index (χ3v) is 7.52. The standard InChI is InChI=1S/C16H37NO5P2/c1-11-22-12(2)17(13(3)23-15(5,18-7)19-8)14(4)24-16(6,20-9)21-10/h12-14,23-24H,11H2,1-10H3. The SMILES string of the molecule is CCOC(C)N(C(C)PC(C)(OC)OC)C(C)PC(C)(OC)OC. The number of ether oxygens (including phenoxy) is 5. The highest BCUT2D eigenvalue weighted by atomic mass is 31.1. The van der Waals surface area contributed by atoms with Crippen molar-refractivity contribution in [1.82, 2.24) is 4.90 Å². The Morgan fingerprint density at radius 3 is 1.38 bits per heavy atom. The summed E-state index contributed by atoms with van der Waals surface area (Å²) in [6, 6.07) is 0. The third kappa shape index (κ3) is 7.47. The maximum absolute atomic E-state index is 5.88. The molecule has 146 valence electrons. The van der Waals surface area contributed by atoms with Gasteiger partial charge in [-0.05, 0) is 58.7 Å². The number of methoxy groups -OCH3 is 4. The smallest absolute Gasteiger partial charge is 0.181 e. The van der Waals surface area contributed by atoms with E-state index in [9.17, 15) is 0 Å². The van der Waals surface area contributed by atoms with Crippen LogP contribution in [0.1, 0.15) is 41.5 Å². The van der Waals surface area contributed by atoms with Crippen molar-refractivity contribution < 1.29 is 23.7 Å². The van der Waals surface area contributed by atoms with E-state index in [0.29, 0.717) is 23.8 Å². The maximum atomic E-state index is 5.88. The van der Waals surface area contributed by atoms with Crippen LogP contribution in [0.4, 0.5) is 0 Å². The van der Waals surface area contributed by atoms with Crippen LogP contribution in [0.25, 0.3) is 0 Å². The lowest BCUT2D eigenvalue weighted by Gasteiger charge is -2.43. The summed E-state index contributed by atoms with van der Waals surface area (Å²) in [6.45, 7) is 13.1. The molecule has 0 aromatic heterocycles. The lowest BCUT2D eigenvalue weighted by Crippen LogP contribution is -2.47. The van der Waals surface area contributed by atoms with E-state index in [0.717, 1.165) is 0 Å². The van der Waals surface area contributed by atoms with E-state index in [-0.39, 0.29) is 17.8 Å². The molecular weight excluding hydrogens is 348 g/mol. The predicted octanol–water partition coefficient (Wildman–Crippen LogP) is 3.65. The lowest BCUT2D eigenvalue weighted by molar-refractivity contribution is -0.128. The minimum atomic E-state index is -0.599. The zero-order chi connectivity index (χ0) is 19.0. The van der Waals surface area contributed by atoms with Gasteiger partial charge in [-0.25, -0.2) is 0 Å². The van der Waals surface area contributed by atoms with Gasteiger partial charge in [0.05, 0.1) is 0 Å². The van der Waals surface area contributed by atoms with Crippen LogP contribution in [0.2, 0.25) is 0 Å². The van der Waals surface area contributed by atoms with E-state index in [4.69, 9.17) is 23.7 Å². The highest BCUT2D eigenvalue weighted by Crippen LogP contribution is 2.45. The van der Waals surface area contributed by atoms with Gasteiger partial charge in [-0.2, -0.15) is 0 Å². The average Bonchev–Trinajstić information content (AvgIpc) is 2.54. The van der Waals surface area contributed by atoms with E-state index < -0.39 is 11.1 Å². The van der Waals surface area contributed by atoms with Gasteiger partial charge in [0.2, 0.25) is 0 Å². The average molecular weight is 385 g/mol. The summed E-state index contributed by atoms with van der Waals surface area (Å²) < 4.78 is 28.1. The van der Waals surface area contributed by atoms with Gasteiger partial charge in [0.25, 0.3) is 0 Å². The van der Waals surface area contributed by atoms with Crippen molar-refractivity contribution >= 4 is 17.2 Å². The molecule has 0 aromatic rings. The molecule has 0 aliphatic heterocycles. The quantitative estimate of drug-likeness (QED) is 0.356. The monoisotopic (exact) mass is 385 g/mol. The molecule has 0 fully saturated rings. The van der Waals surface area contributed by atoms with Crippen LogP contribution in [0, 0.1) is 0 Å². The first kappa shape index (κ1) is 24.6. The van der Waals surface area contributed by atoms with Gasteiger partial charge >= 0.3 is 0 Å². The molecule has 0 bridgehead atoms. The highest BCUT2D eigenvalue weighted by Gasteiger charge is 2.36. The largest absolute Gasteiger partial charge is 0.364 e. The molecule has 6 nitrogen and oxygen atoms in total. The van der Waals surface area contributed by atoms with E-state index in [1.807, 2.05) is 20.8 Å². The van der Waals surface area contributed by atoms with Crippen LogP contribution >= 0.6 is 17.2 Å². The molecule has 0 radical (unpaired) electrons. The van der Waals surface area contributed by atoms with Crippen molar-refractivity contribution in [3.05, 3.63) is 0 Å². The maximum Gasteiger partial charge on any atom is 0.181 e. The third-order valence-electron chi connectivity index (χ3n) is 4.22. The topological polar surface area (TPSA) is 49.4 Å². The minimum Gasteiger partial charge on any atom is -0.364 e. The molecule has 0 N–H and O–H groups in total. The van der Waals surface area contributed by atoms with Gasteiger partial charge < -0.3 is 23.7 Å². The van der Waals surface area contributed by atoms with Crippen LogP contribution in [-0.2, 0) is 23.7 Å². The molecule has 0 spiro atoms. The molecule has 0 aliphatic rings. The van der Waals surface area contributed by atoms with E-state index in [1.165, 1.54) is 0 Å². The predicted molar refractivity (Wildman–Crippen MR) is 103 cm³/mol. The van der Waals surface area contributed by atoms with Crippen LogP contribution in [0.3, 0.4) is 0 Å². The van der Waals surface area contributed by atoms with Gasteiger partial charge in [-0.3, -0.25) is 4.90 Å². The molecule has 0 saturated carbocycles. The molecule has 0 aromatic carbocycles. The summed E-state index contributed by atoms with van der Waals surface area (Å²) >= 11 is 0. The van der Waals surface area contributed by atoms with Crippen LogP contribution in [0.5, 0.6) is 0 Å². The number of rotatable bonds is 13. The van der Waals surface area contributed by atoms with Crippen molar-refractivity contribution in [3.63, 3.8) is 0 Å². The summed E-state index contributed by atoms with van der Waals surface area (Å²) in [5, 5.41) is 0. The second kappa shape index (κ2) is 11.4. The second-order valence-electron chi connectivity index (χ2n) is 5.85. The molecule has 8 heteroatoms. The normalized spacial score (nSPS) is 18.1. The molecule has 24 heavy (non-hydrogen) atoms. The number of hydrogen-bond acceptors (Lipinski definition) is 6. The Morgan fingerprint density at radius 2 is 1.12 bits per heavy atom. The molecule has 0 aliphatic carbocycles. The second-order valence-corrected chi connectivity index (χ2v) is 9.92. The summed E-state index contributed by atoms with van der Waals surface area (Å²) in [5.41, 5.74) is -1.20. The van der Waals surface area contributed by atoms with Crippen molar-refractivity contribution in [2.75, 3.05) is 35.0 Å². The molecule has 0 amide bonds. The molecular formula is C16H37NO5P2. The fraction of sp³-hybridized carbons (Fsp3) is 1.00. The fourth-order valence-corrected chi connectivity index (χ4v) is 5.91. The van der Waals surface area contributed by atoms with Gasteiger partial charge in [-0.1, -0.05) is 0 Å². The summed E-state index contributed by atoms with van der Waals surface area (Å²) in [7, 11) is 7.58. The Labute approximate surface area is 151 Å². The van der Waals surface area contributed by atoms with Gasteiger partial charge in [0, 0.05) is 46.6 Å². The molecule has 5 atom stereocenters. The van der Waals surface area contributed by atoms with Crippen LogP contribution < -0.4 is 0 Å². The van der Waals surface area contributed by atoms with Crippen LogP contribution in [-0.4, -0.2) is 68.8 Å². The van der Waals surface area contributed by atoms with E-state index in [1.54, 1.807) is 28.4 Å². The zero-order valence-electron chi connectivity index (χ0n) is 16.9. The van der Waals surface area contributed by atoms with Gasteiger partial charge in [0.1, 0.15) is 6.23 Å². The van der Waals surface area contributed by atoms with Crippen molar-refractivity contribution in [1.29, 1.82) is 0 Å². The Hall–Kier alpha value is 0.620. The molecule has 0 rings (SSSR count). The van der Waals surface area contributed by atoms with Gasteiger partial charge in [0.15, 0.2) is 11.1 Å². The van der Waals surface area contributed by atoms with E-state index in [2.05, 4.69) is 25.7 Å². The lowest BCUT2D eigenvalue weighted by atomic mass is 10.4. The highest BCUT2D eigenvalue weighted by molar-refractivity contribution is 7.41. The van der Waals surface area contributed by atoms with Crippen molar-refractivity contribution in [2.24, 2.45) is 0 Å². The van der Waals surface area contributed by atoms with Gasteiger partial charge in [-0.15, -0.1) is 0 Å². The Bertz CT molecular complexity index is 314. The van der Waals surface area contributed by atoms with Crippen LogP contribution in [0.15, 0.2) is 0 Å². The fourth-order valence-electron chi connectivity index (χ4n) is 2.60. The first-order chi connectivity index (χ1) is 11.1. The minimum absolute atomic E-state index is 0.0177. The Kier molecular flexibility index (Phi) is 11.7. The first-order valence-electron chi connectivity index (χ1n) is 8.26. The number of hydrogen-bond donors (Lipinski definition) is 0. The number of nitrogens with zero attached hydrogens (tertiary/aromatic N) is 1. The molecule has 0 saturated heterocycles. The molecule has 5 unspecified atom stereocenters. The van der Waals surface area contributed by atoms with Crippen molar-refractivity contribution in [3.8, 4) is 0 Å². The summed E-state index contributed by atoms with van der Waals surface area (Å²) in [5.74, 6) is 0.439. The first-order valence-corrected chi connectivity index (χ1v) is 10.4. The van der Waals surface area contributed by atoms with Crippen molar-refractivity contribution in [2.45, 2.75) is 70.4 Å². The van der Waals surface area contributed by atoms with E-state index >= 15 is 0 Å². The Balaban J connectivity index is 5.29. The summed E-state index contributed by atoms with van der Waals surface area (Å²) in [6.07, 6.45) is -0.0177. The summed E-state index contributed by atoms with van der Waals surface area (Å²) in [4.78, 5) is 2.35. The Morgan fingerprint density at radius 1 is 0.792 bits per heavy atom.